The molecule has 5 atom stereocenters. The molecule has 4 heterocycles. The van der Waals surface area contributed by atoms with Crippen molar-refractivity contribution in [2.75, 3.05) is 26.4 Å². The number of aromatic nitrogens is 6. The molecule has 2 aromatic heterocycles. The van der Waals surface area contributed by atoms with E-state index in [1.54, 1.807) is 22.8 Å². The summed E-state index contributed by atoms with van der Waals surface area (Å²) in [6.07, 6.45) is -6.20. The molecule has 0 saturated carbocycles. The van der Waals surface area contributed by atoms with E-state index in [-0.39, 0.29) is 50.6 Å². The number of carbonyl (C=O) groups excluding carboxylic acids is 3. The number of ether oxygens (including phenoxy) is 7. The van der Waals surface area contributed by atoms with Gasteiger partial charge in [-0.25, -0.2) is 14.7 Å². The van der Waals surface area contributed by atoms with Crippen LogP contribution in [0.3, 0.4) is 0 Å². The number of aromatic amines is 1. The van der Waals surface area contributed by atoms with Gasteiger partial charge in [-0.15, -0.1) is 25.3 Å². The minimum absolute atomic E-state index is 0.0301. The zero-order valence-corrected chi connectivity index (χ0v) is 34.6. The molecule has 24 nitrogen and oxygen atoms in total. The highest BCUT2D eigenvalue weighted by Crippen LogP contribution is 2.34. The lowest BCUT2D eigenvalue weighted by Gasteiger charge is -2.26. The summed E-state index contributed by atoms with van der Waals surface area (Å²) < 4.78 is 41.3. The number of hydrogen-bond donors (Lipinski definition) is 1. The van der Waals surface area contributed by atoms with Crippen LogP contribution in [-0.2, 0) is 49.4 Å². The maximum absolute atomic E-state index is 13.9. The Hall–Kier alpha value is -7.47. The smallest absolute Gasteiger partial charge is 0.465 e. The van der Waals surface area contributed by atoms with Crippen LogP contribution in [0.5, 0.6) is 6.01 Å². The van der Waals surface area contributed by atoms with E-state index >= 15 is 0 Å². The second-order valence-corrected chi connectivity index (χ2v) is 14.9. The average Bonchev–Trinajstić information content (AvgIpc) is 4.07. The van der Waals surface area contributed by atoms with Crippen molar-refractivity contribution in [3.05, 3.63) is 98.1 Å². The fourth-order valence-electron chi connectivity index (χ4n) is 7.31. The molecular weight excluding hydrogens is 848 g/mol. The standard InChI is InChI=1S/C40H42N8O16/c1-4-56-38-41-29-13-8-12-28(33(29)46(38)19-23-15-17-24(18-16-23)26-10-5-6-11-27(26)36-42-44-45-43-36)37(50)62-40(2,3)63-39(51)61-31-22-58-34-30(21-57-35(31)34)60-32(49)14-7-9-25(64-48(54)55)20-59-47(52)53/h5-6,8,10-13,15-18,25,30-31,34-35H,4,7,9,14,19-22H2,1-3H3,(H,42,43,44,45)/t25?,30-,31-,34-,35-/m1/s1. The van der Waals surface area contributed by atoms with Crippen molar-refractivity contribution in [3.63, 3.8) is 0 Å². The molecule has 1 unspecified atom stereocenters. The quantitative estimate of drug-likeness (QED) is 0.0372. The minimum atomic E-state index is -1.83. The predicted octanol–water partition coefficient (Wildman–Crippen LogP) is 4.41. The first-order valence-electron chi connectivity index (χ1n) is 20.0. The molecule has 64 heavy (non-hydrogen) atoms. The Kier molecular flexibility index (Phi) is 13.7. The number of benzene rings is 3. The van der Waals surface area contributed by atoms with Crippen LogP contribution in [0.25, 0.3) is 33.5 Å². The van der Waals surface area contributed by atoms with Gasteiger partial charge in [-0.1, -0.05) is 54.6 Å². The third-order valence-electron chi connectivity index (χ3n) is 10.0. The summed E-state index contributed by atoms with van der Waals surface area (Å²) in [6.45, 7) is 4.23. The Balaban J connectivity index is 0.950. The highest BCUT2D eigenvalue weighted by Gasteiger charge is 2.51. The van der Waals surface area contributed by atoms with Gasteiger partial charge < -0.3 is 42.8 Å². The number of imidazole rings is 1. The van der Waals surface area contributed by atoms with Crippen molar-refractivity contribution >= 4 is 29.1 Å². The summed E-state index contributed by atoms with van der Waals surface area (Å²) >= 11 is 0. The molecule has 0 bridgehead atoms. The molecule has 1 N–H and O–H groups in total. The number of rotatable bonds is 20. The van der Waals surface area contributed by atoms with Crippen LogP contribution >= 0.6 is 0 Å². The highest BCUT2D eigenvalue weighted by molar-refractivity contribution is 6.02. The number of para-hydroxylation sites is 1. The lowest BCUT2D eigenvalue weighted by Crippen LogP contribution is -2.39. The number of nitrogens with one attached hydrogen (secondary N) is 1. The van der Waals surface area contributed by atoms with Gasteiger partial charge in [0.05, 0.1) is 43.0 Å². The van der Waals surface area contributed by atoms with E-state index < -0.39 is 71.2 Å². The van der Waals surface area contributed by atoms with E-state index in [1.165, 1.54) is 13.8 Å². The summed E-state index contributed by atoms with van der Waals surface area (Å²) in [5, 5.41) is 33.2. The van der Waals surface area contributed by atoms with Crippen LogP contribution in [0.15, 0.2) is 66.7 Å². The van der Waals surface area contributed by atoms with E-state index in [0.717, 1.165) is 22.3 Å². The highest BCUT2D eigenvalue weighted by atomic mass is 17.0. The van der Waals surface area contributed by atoms with E-state index in [9.17, 15) is 34.6 Å². The van der Waals surface area contributed by atoms with Crippen molar-refractivity contribution in [1.82, 2.24) is 30.2 Å². The zero-order chi connectivity index (χ0) is 45.4. The number of H-pyrrole nitrogens is 1. The molecule has 338 valence electrons. The summed E-state index contributed by atoms with van der Waals surface area (Å²) in [6, 6.07) is 20.8. The number of fused-ring (bicyclic) bond motifs is 2. The first kappa shape index (κ1) is 44.6. The molecule has 0 spiro atoms. The van der Waals surface area contributed by atoms with Crippen molar-refractivity contribution in [2.45, 2.75) is 82.9 Å². The maximum Gasteiger partial charge on any atom is 0.512 e. The van der Waals surface area contributed by atoms with Crippen molar-refractivity contribution in [3.8, 4) is 28.5 Å². The molecule has 24 heteroatoms. The third kappa shape index (κ3) is 10.8. The molecule has 2 aliphatic rings. The van der Waals surface area contributed by atoms with E-state index in [4.69, 9.17) is 33.2 Å². The lowest BCUT2D eigenvalue weighted by atomic mass is 9.98. The summed E-state index contributed by atoms with van der Waals surface area (Å²) in [5.41, 5.74) is 4.59. The molecule has 7 rings (SSSR count). The summed E-state index contributed by atoms with van der Waals surface area (Å²) in [4.78, 5) is 73.8. The van der Waals surface area contributed by atoms with Crippen LogP contribution in [0.2, 0.25) is 0 Å². The van der Waals surface area contributed by atoms with Crippen LogP contribution in [0, 0.1) is 20.2 Å². The van der Waals surface area contributed by atoms with Gasteiger partial charge in [-0.3, -0.25) is 9.36 Å². The Morgan fingerprint density at radius 2 is 1.64 bits per heavy atom. The van der Waals surface area contributed by atoms with Gasteiger partial charge in [-0.05, 0) is 59.0 Å². The van der Waals surface area contributed by atoms with Gasteiger partial charge in [-0.2, -0.15) is 4.98 Å². The topological polar surface area (TPSA) is 293 Å². The van der Waals surface area contributed by atoms with Crippen LogP contribution < -0.4 is 4.74 Å². The summed E-state index contributed by atoms with van der Waals surface area (Å²) in [5.74, 6) is -2.80. The predicted molar refractivity (Wildman–Crippen MR) is 214 cm³/mol. The van der Waals surface area contributed by atoms with Crippen molar-refractivity contribution < 1.29 is 67.4 Å². The average molecular weight is 891 g/mol. The van der Waals surface area contributed by atoms with Gasteiger partial charge in [0.25, 0.3) is 22.0 Å². The first-order chi connectivity index (χ1) is 30.8. The fourth-order valence-corrected chi connectivity index (χ4v) is 7.31. The van der Waals surface area contributed by atoms with Crippen LogP contribution in [0.1, 0.15) is 56.0 Å². The fraction of sp³-hybridized carbons (Fsp3) is 0.425. The van der Waals surface area contributed by atoms with E-state index in [1.807, 2.05) is 55.5 Å². The number of esters is 2. The molecule has 5 aromatic rings. The molecular formula is C40H42N8O16. The summed E-state index contributed by atoms with van der Waals surface area (Å²) in [7, 11) is 0. The zero-order valence-electron chi connectivity index (χ0n) is 34.6. The second-order valence-electron chi connectivity index (χ2n) is 14.9. The third-order valence-corrected chi connectivity index (χ3v) is 10.0. The van der Waals surface area contributed by atoms with E-state index in [2.05, 4.69) is 35.3 Å². The molecule has 2 saturated heterocycles. The van der Waals surface area contributed by atoms with Gasteiger partial charge in [0.2, 0.25) is 0 Å². The largest absolute Gasteiger partial charge is 0.512 e. The maximum atomic E-state index is 13.9. The van der Waals surface area contributed by atoms with Crippen molar-refractivity contribution in [1.29, 1.82) is 0 Å². The van der Waals surface area contributed by atoms with Crippen molar-refractivity contribution in [2.24, 2.45) is 0 Å². The molecule has 3 aromatic carbocycles. The lowest BCUT2D eigenvalue weighted by molar-refractivity contribution is -0.790. The van der Waals surface area contributed by atoms with Crippen LogP contribution in [-0.4, -0.2) is 121 Å². The molecule has 2 aliphatic heterocycles. The molecule has 2 fully saturated rings. The molecule has 0 aliphatic carbocycles. The number of tetrazole rings is 1. The normalized spacial score (nSPS) is 18.4. The Morgan fingerprint density at radius 1 is 0.922 bits per heavy atom. The van der Waals surface area contributed by atoms with Gasteiger partial charge in [0.15, 0.2) is 18.0 Å². The van der Waals surface area contributed by atoms with Crippen LogP contribution in [0.4, 0.5) is 4.79 Å². The van der Waals surface area contributed by atoms with Gasteiger partial charge in [0, 0.05) is 25.8 Å². The number of nitrogens with zero attached hydrogens (tertiary/aromatic N) is 7. The Labute approximate surface area is 362 Å². The SMILES string of the molecule is CCOc1nc2cccc(C(=O)OC(C)(C)OC(=O)O[C@@H]3CO[C@H]4[C@@H]3OC[C@H]4OC(=O)CCCC(CO[N+](=O)[O-])O[N+](=O)[O-])c2n1Cc1ccc(-c2ccccc2-c2nnn[nH]2)cc1. The molecule has 0 radical (unpaired) electrons. The first-order valence-corrected chi connectivity index (χ1v) is 20.0. The number of carbonyl (C=O) groups is 3. The number of hydrogen-bond acceptors (Lipinski definition) is 20. The Bertz CT molecular complexity index is 2460. The van der Waals surface area contributed by atoms with Gasteiger partial charge >= 0.3 is 18.1 Å². The Morgan fingerprint density at radius 3 is 2.31 bits per heavy atom. The molecule has 0 amide bonds. The second kappa shape index (κ2) is 19.7. The van der Waals surface area contributed by atoms with E-state index in [0.29, 0.717) is 23.5 Å². The minimum Gasteiger partial charge on any atom is -0.465 e. The van der Waals surface area contributed by atoms with Gasteiger partial charge in [0.1, 0.15) is 24.9 Å². The monoisotopic (exact) mass is 890 g/mol.